The Morgan fingerprint density at radius 3 is 2.53 bits per heavy atom. The molecule has 0 heterocycles. The third kappa shape index (κ3) is 3.26. The summed E-state index contributed by atoms with van der Waals surface area (Å²) >= 11 is 0. The lowest BCUT2D eigenvalue weighted by atomic mass is 10.0. The number of ether oxygens (including phenoxy) is 1. The molecule has 19 heavy (non-hydrogen) atoms. The standard InChI is InChI=1S/C16H19NO2/c1-12-7-3-4-8-13(12)15(18)11-17-14-9-5-6-10-16(14)19-2/h3-10,15,17-18H,11H2,1-2H3. The molecule has 0 aliphatic carbocycles. The highest BCUT2D eigenvalue weighted by Crippen LogP contribution is 2.24. The Hall–Kier alpha value is -2.00. The molecule has 0 bridgehead atoms. The molecule has 1 atom stereocenters. The maximum Gasteiger partial charge on any atom is 0.141 e. The van der Waals surface area contributed by atoms with Crippen LogP contribution >= 0.6 is 0 Å². The molecule has 0 aliphatic heterocycles. The van der Waals surface area contributed by atoms with E-state index >= 15 is 0 Å². The lowest BCUT2D eigenvalue weighted by Crippen LogP contribution is -2.13. The molecule has 0 saturated carbocycles. The van der Waals surface area contributed by atoms with E-state index in [2.05, 4.69) is 5.32 Å². The van der Waals surface area contributed by atoms with E-state index in [0.29, 0.717) is 6.54 Å². The molecule has 0 fully saturated rings. The largest absolute Gasteiger partial charge is 0.495 e. The molecule has 0 aliphatic rings. The van der Waals surface area contributed by atoms with E-state index in [-0.39, 0.29) is 0 Å². The molecule has 100 valence electrons. The second-order valence-electron chi connectivity index (χ2n) is 4.45. The third-order valence-corrected chi connectivity index (χ3v) is 3.14. The number of hydrogen-bond donors (Lipinski definition) is 2. The van der Waals surface area contributed by atoms with Crippen LogP contribution in [0.2, 0.25) is 0 Å². The third-order valence-electron chi connectivity index (χ3n) is 3.14. The van der Waals surface area contributed by atoms with Crippen molar-refractivity contribution in [2.24, 2.45) is 0 Å². The molecule has 0 radical (unpaired) electrons. The van der Waals surface area contributed by atoms with Crippen molar-refractivity contribution < 1.29 is 9.84 Å². The monoisotopic (exact) mass is 257 g/mol. The van der Waals surface area contributed by atoms with Crippen molar-refractivity contribution >= 4 is 5.69 Å². The molecule has 2 rings (SSSR count). The first kappa shape index (κ1) is 13.4. The van der Waals surface area contributed by atoms with Gasteiger partial charge >= 0.3 is 0 Å². The van der Waals surface area contributed by atoms with Gasteiger partial charge in [0.15, 0.2) is 0 Å². The van der Waals surface area contributed by atoms with Gasteiger partial charge in [0.05, 0.1) is 18.9 Å². The van der Waals surface area contributed by atoms with E-state index in [1.165, 1.54) is 0 Å². The Balaban J connectivity index is 2.04. The summed E-state index contributed by atoms with van der Waals surface area (Å²) in [5, 5.41) is 13.4. The first-order chi connectivity index (χ1) is 9.22. The van der Waals surface area contributed by atoms with Crippen molar-refractivity contribution in [2.75, 3.05) is 19.0 Å². The molecular weight excluding hydrogens is 238 g/mol. The number of rotatable bonds is 5. The number of para-hydroxylation sites is 2. The number of aliphatic hydroxyl groups is 1. The van der Waals surface area contributed by atoms with Crippen LogP contribution in [-0.2, 0) is 0 Å². The number of benzene rings is 2. The zero-order valence-corrected chi connectivity index (χ0v) is 11.3. The SMILES string of the molecule is COc1ccccc1NCC(O)c1ccccc1C. The Morgan fingerprint density at radius 1 is 1.11 bits per heavy atom. The van der Waals surface area contributed by atoms with Crippen LogP contribution < -0.4 is 10.1 Å². The van der Waals surface area contributed by atoms with Crippen LogP contribution in [0.5, 0.6) is 5.75 Å². The molecule has 0 saturated heterocycles. The van der Waals surface area contributed by atoms with Crippen LogP contribution in [-0.4, -0.2) is 18.8 Å². The average molecular weight is 257 g/mol. The van der Waals surface area contributed by atoms with Gasteiger partial charge < -0.3 is 15.2 Å². The summed E-state index contributed by atoms with van der Waals surface area (Å²) in [6.07, 6.45) is -0.536. The second-order valence-corrected chi connectivity index (χ2v) is 4.45. The highest BCUT2D eigenvalue weighted by Gasteiger charge is 2.10. The van der Waals surface area contributed by atoms with Crippen molar-refractivity contribution in [2.45, 2.75) is 13.0 Å². The van der Waals surface area contributed by atoms with Gasteiger partial charge in [-0.1, -0.05) is 36.4 Å². The van der Waals surface area contributed by atoms with Gasteiger partial charge in [0.25, 0.3) is 0 Å². The first-order valence-corrected chi connectivity index (χ1v) is 6.33. The van der Waals surface area contributed by atoms with E-state index in [1.54, 1.807) is 7.11 Å². The van der Waals surface area contributed by atoms with Gasteiger partial charge in [0.1, 0.15) is 5.75 Å². The summed E-state index contributed by atoms with van der Waals surface area (Å²) < 4.78 is 5.26. The maximum absolute atomic E-state index is 10.2. The Kier molecular flexibility index (Phi) is 4.42. The van der Waals surface area contributed by atoms with Crippen LogP contribution in [0.1, 0.15) is 17.2 Å². The molecule has 2 N–H and O–H groups in total. The quantitative estimate of drug-likeness (QED) is 0.864. The molecule has 1 unspecified atom stereocenters. The van der Waals surface area contributed by atoms with Gasteiger partial charge in [-0.3, -0.25) is 0 Å². The number of hydrogen-bond acceptors (Lipinski definition) is 3. The number of aliphatic hydroxyl groups excluding tert-OH is 1. The zero-order valence-electron chi connectivity index (χ0n) is 11.3. The van der Waals surface area contributed by atoms with Crippen molar-refractivity contribution in [1.82, 2.24) is 0 Å². The first-order valence-electron chi connectivity index (χ1n) is 6.33. The van der Waals surface area contributed by atoms with E-state index in [1.807, 2.05) is 55.5 Å². The lowest BCUT2D eigenvalue weighted by Gasteiger charge is -2.16. The summed E-state index contributed by atoms with van der Waals surface area (Å²) in [5.74, 6) is 0.777. The molecule has 3 nitrogen and oxygen atoms in total. The summed E-state index contributed by atoms with van der Waals surface area (Å²) in [6.45, 7) is 2.45. The Bertz CT molecular complexity index is 540. The van der Waals surface area contributed by atoms with Gasteiger partial charge in [-0.15, -0.1) is 0 Å². The van der Waals surface area contributed by atoms with Gasteiger partial charge in [-0.25, -0.2) is 0 Å². The van der Waals surface area contributed by atoms with Gasteiger partial charge in [0.2, 0.25) is 0 Å². The van der Waals surface area contributed by atoms with E-state index < -0.39 is 6.10 Å². The maximum atomic E-state index is 10.2. The van der Waals surface area contributed by atoms with E-state index in [9.17, 15) is 5.11 Å². The highest BCUT2D eigenvalue weighted by atomic mass is 16.5. The number of methoxy groups -OCH3 is 1. The van der Waals surface area contributed by atoms with Crippen LogP contribution in [0.15, 0.2) is 48.5 Å². The molecular formula is C16H19NO2. The van der Waals surface area contributed by atoms with E-state index in [0.717, 1.165) is 22.6 Å². The summed E-state index contributed by atoms with van der Waals surface area (Å²) in [6, 6.07) is 15.5. The minimum atomic E-state index is -0.536. The van der Waals surface area contributed by atoms with Gasteiger partial charge in [-0.05, 0) is 30.2 Å². The number of anilines is 1. The molecule has 2 aromatic rings. The zero-order chi connectivity index (χ0) is 13.7. The summed E-state index contributed by atoms with van der Waals surface area (Å²) in [7, 11) is 1.64. The second kappa shape index (κ2) is 6.25. The van der Waals surface area contributed by atoms with Crippen LogP contribution in [0.25, 0.3) is 0 Å². The fourth-order valence-electron chi connectivity index (χ4n) is 2.07. The fraction of sp³-hybridized carbons (Fsp3) is 0.250. The number of aryl methyl sites for hydroxylation is 1. The molecule has 3 heteroatoms. The lowest BCUT2D eigenvalue weighted by molar-refractivity contribution is 0.191. The van der Waals surface area contributed by atoms with Gasteiger partial charge in [0, 0.05) is 6.54 Å². The minimum Gasteiger partial charge on any atom is -0.495 e. The predicted octanol–water partition coefficient (Wildman–Crippen LogP) is 3.15. The van der Waals surface area contributed by atoms with Crippen LogP contribution in [0, 0.1) is 6.92 Å². The number of nitrogens with one attached hydrogen (secondary N) is 1. The topological polar surface area (TPSA) is 41.5 Å². The van der Waals surface area contributed by atoms with Crippen molar-refractivity contribution in [3.05, 3.63) is 59.7 Å². The molecule has 0 amide bonds. The Morgan fingerprint density at radius 2 is 1.79 bits per heavy atom. The predicted molar refractivity (Wildman–Crippen MR) is 77.6 cm³/mol. The highest BCUT2D eigenvalue weighted by molar-refractivity contribution is 5.56. The minimum absolute atomic E-state index is 0.450. The molecule has 2 aromatic carbocycles. The van der Waals surface area contributed by atoms with Crippen molar-refractivity contribution in [3.63, 3.8) is 0 Å². The smallest absolute Gasteiger partial charge is 0.141 e. The van der Waals surface area contributed by atoms with Crippen LogP contribution in [0.3, 0.4) is 0 Å². The summed E-state index contributed by atoms with van der Waals surface area (Å²) in [4.78, 5) is 0. The van der Waals surface area contributed by atoms with Crippen molar-refractivity contribution in [1.29, 1.82) is 0 Å². The summed E-state index contributed by atoms with van der Waals surface area (Å²) in [5.41, 5.74) is 2.93. The van der Waals surface area contributed by atoms with E-state index in [4.69, 9.17) is 4.74 Å². The van der Waals surface area contributed by atoms with Gasteiger partial charge in [-0.2, -0.15) is 0 Å². The Labute approximate surface area is 113 Å². The van der Waals surface area contributed by atoms with Crippen molar-refractivity contribution in [3.8, 4) is 5.75 Å². The van der Waals surface area contributed by atoms with Crippen LogP contribution in [0.4, 0.5) is 5.69 Å². The fourth-order valence-corrected chi connectivity index (χ4v) is 2.07. The molecule has 0 spiro atoms. The normalized spacial score (nSPS) is 11.9. The molecule has 0 aromatic heterocycles. The average Bonchev–Trinajstić information content (AvgIpc) is 2.45.